The topological polar surface area (TPSA) is 155 Å². The monoisotopic (exact) mass is 490 g/mol. The van der Waals surface area contributed by atoms with Crippen molar-refractivity contribution in [3.05, 3.63) is 38.8 Å². The molecule has 0 bridgehead atoms. The molecule has 2 aromatic heterocycles. The van der Waals surface area contributed by atoms with Crippen molar-refractivity contribution in [2.45, 2.75) is 33.1 Å². The Hall–Kier alpha value is -3.62. The Morgan fingerprint density at radius 3 is 2.53 bits per heavy atom. The zero-order valence-corrected chi connectivity index (χ0v) is 18.7. The number of rotatable bonds is 10. The molecule has 0 atom stereocenters. The van der Waals surface area contributed by atoms with Crippen molar-refractivity contribution in [2.75, 3.05) is 37.5 Å². The molecule has 0 aromatic carbocycles. The van der Waals surface area contributed by atoms with Gasteiger partial charge in [-0.15, -0.1) is 0 Å². The minimum atomic E-state index is -4.67. The van der Waals surface area contributed by atoms with Crippen molar-refractivity contribution in [2.24, 2.45) is 5.92 Å². The van der Waals surface area contributed by atoms with Crippen LogP contribution in [0.3, 0.4) is 0 Å². The third-order valence-corrected chi connectivity index (χ3v) is 4.43. The number of alkyl halides is 3. The molecule has 0 fully saturated rings. The maximum atomic E-state index is 12.8. The number of aromatic nitrogens is 4. The molecule has 15 heteroatoms. The van der Waals surface area contributed by atoms with Crippen LogP contribution in [-0.4, -0.2) is 58.1 Å². The van der Waals surface area contributed by atoms with Gasteiger partial charge < -0.3 is 15.2 Å². The Bertz CT molecular complexity index is 1140. The fourth-order valence-corrected chi connectivity index (χ4v) is 2.93. The van der Waals surface area contributed by atoms with Gasteiger partial charge in [0.25, 0.3) is 11.5 Å². The molecule has 3 N–H and O–H groups in total. The van der Waals surface area contributed by atoms with Gasteiger partial charge in [-0.2, -0.15) is 18.3 Å². The Morgan fingerprint density at radius 1 is 1.29 bits per heavy atom. The normalized spacial score (nSPS) is 11.6. The number of amides is 1. The lowest BCUT2D eigenvalue weighted by molar-refractivity contribution is -0.149. The number of ether oxygens (including phenoxy) is 2. The summed E-state index contributed by atoms with van der Waals surface area (Å²) in [4.78, 5) is 52.4. The van der Waals surface area contributed by atoms with E-state index in [9.17, 15) is 32.3 Å². The first-order valence-electron chi connectivity index (χ1n) is 10.0. The van der Waals surface area contributed by atoms with Crippen LogP contribution in [0.2, 0.25) is 0 Å². The molecule has 0 radical (unpaired) electrons. The number of esters is 1. The van der Waals surface area contributed by atoms with E-state index in [1.54, 1.807) is 0 Å². The number of nitrogen functional groups attached to an aromatic ring is 1. The van der Waals surface area contributed by atoms with Crippen molar-refractivity contribution in [1.29, 1.82) is 0 Å². The molecular formula is C19H25F3N6O6. The minimum Gasteiger partial charge on any atom is -0.454 e. The highest BCUT2D eigenvalue weighted by Crippen LogP contribution is 2.27. The van der Waals surface area contributed by atoms with Gasteiger partial charge in [0.2, 0.25) is 0 Å². The fraction of sp³-hybridized carbons (Fsp3) is 0.526. The second-order valence-electron chi connectivity index (χ2n) is 7.59. The molecule has 0 unspecified atom stereocenters. The standard InChI is InChI=1S/C19H25F3N6O6/c1-11(2)8-28-16(23)15(17(31)24-18(28)32)27(6-7-33-3)13(29)10-34-14(30)9-26-5-4-12(25-26)19(20,21)22/h4-5,11H,6-10,23H2,1-3H3,(H,24,31,32). The Balaban J connectivity index is 2.20. The second-order valence-corrected chi connectivity index (χ2v) is 7.59. The number of anilines is 2. The van der Waals surface area contributed by atoms with E-state index in [0.717, 1.165) is 15.7 Å². The summed E-state index contributed by atoms with van der Waals surface area (Å²) < 4.78 is 49.5. The number of aromatic amines is 1. The summed E-state index contributed by atoms with van der Waals surface area (Å²) in [5, 5.41) is 3.22. The van der Waals surface area contributed by atoms with Crippen LogP contribution in [0.1, 0.15) is 19.5 Å². The molecule has 2 aromatic rings. The maximum absolute atomic E-state index is 12.8. The maximum Gasteiger partial charge on any atom is 0.435 e. The summed E-state index contributed by atoms with van der Waals surface area (Å²) in [5.41, 5.74) is 2.86. The summed E-state index contributed by atoms with van der Waals surface area (Å²) in [5.74, 6) is -2.17. The van der Waals surface area contributed by atoms with Gasteiger partial charge in [0.1, 0.15) is 12.4 Å². The number of methoxy groups -OCH3 is 1. The van der Waals surface area contributed by atoms with Gasteiger partial charge in [-0.3, -0.25) is 33.5 Å². The number of nitrogens with one attached hydrogen (secondary N) is 1. The van der Waals surface area contributed by atoms with Gasteiger partial charge in [0, 0.05) is 26.4 Å². The van der Waals surface area contributed by atoms with Gasteiger partial charge in [-0.05, 0) is 12.0 Å². The molecular weight excluding hydrogens is 465 g/mol. The molecule has 0 saturated heterocycles. The molecule has 188 valence electrons. The smallest absolute Gasteiger partial charge is 0.435 e. The summed E-state index contributed by atoms with van der Waals surface area (Å²) in [6.45, 7) is 2.10. The molecule has 0 aliphatic rings. The van der Waals surface area contributed by atoms with E-state index in [2.05, 4.69) is 10.1 Å². The first kappa shape index (κ1) is 26.6. The highest BCUT2D eigenvalue weighted by Gasteiger charge is 2.33. The van der Waals surface area contributed by atoms with Crippen LogP contribution in [0, 0.1) is 5.92 Å². The highest BCUT2D eigenvalue weighted by atomic mass is 19.4. The number of nitrogens with two attached hydrogens (primary N) is 1. The minimum absolute atomic E-state index is 0.0111. The van der Waals surface area contributed by atoms with E-state index in [1.165, 1.54) is 7.11 Å². The quantitative estimate of drug-likeness (QED) is 0.448. The predicted molar refractivity (Wildman–Crippen MR) is 113 cm³/mol. The predicted octanol–water partition coefficient (Wildman–Crippen LogP) is 0.213. The largest absolute Gasteiger partial charge is 0.454 e. The first-order chi connectivity index (χ1) is 15.8. The van der Waals surface area contributed by atoms with Crippen molar-refractivity contribution >= 4 is 23.4 Å². The number of H-pyrrole nitrogens is 1. The Morgan fingerprint density at radius 2 is 1.97 bits per heavy atom. The third kappa shape index (κ3) is 6.69. The van der Waals surface area contributed by atoms with E-state index in [-0.39, 0.29) is 37.1 Å². The van der Waals surface area contributed by atoms with Crippen LogP contribution >= 0.6 is 0 Å². The molecule has 12 nitrogen and oxygen atoms in total. The summed E-state index contributed by atoms with van der Waals surface area (Å²) in [6.07, 6.45) is -3.74. The first-order valence-corrected chi connectivity index (χ1v) is 10.0. The Labute approximate surface area is 191 Å². The zero-order valence-electron chi connectivity index (χ0n) is 18.7. The van der Waals surface area contributed by atoms with Crippen LogP contribution in [0.25, 0.3) is 0 Å². The van der Waals surface area contributed by atoms with E-state index in [1.807, 2.05) is 13.8 Å². The van der Waals surface area contributed by atoms with Crippen LogP contribution in [0.5, 0.6) is 0 Å². The second kappa shape index (κ2) is 11.0. The summed E-state index contributed by atoms with van der Waals surface area (Å²) in [6, 6.07) is 0.687. The summed E-state index contributed by atoms with van der Waals surface area (Å²) >= 11 is 0. The average Bonchev–Trinajstić information content (AvgIpc) is 3.20. The van der Waals surface area contributed by atoms with E-state index >= 15 is 0 Å². The Kier molecular flexibility index (Phi) is 8.62. The van der Waals surface area contributed by atoms with Crippen molar-refractivity contribution in [1.82, 2.24) is 19.3 Å². The number of halogens is 3. The molecule has 0 spiro atoms. The van der Waals surface area contributed by atoms with Gasteiger partial charge in [0.05, 0.1) is 6.61 Å². The van der Waals surface area contributed by atoms with Crippen molar-refractivity contribution < 1.29 is 32.2 Å². The molecule has 0 saturated carbocycles. The molecule has 2 rings (SSSR count). The van der Waals surface area contributed by atoms with Crippen LogP contribution < -0.4 is 21.9 Å². The lowest BCUT2D eigenvalue weighted by Crippen LogP contribution is -2.44. The number of carbonyl (C=O) groups excluding carboxylic acids is 2. The van der Waals surface area contributed by atoms with Crippen LogP contribution in [0.4, 0.5) is 24.7 Å². The number of hydrogen-bond acceptors (Lipinski definition) is 8. The van der Waals surface area contributed by atoms with Crippen LogP contribution in [-0.2, 0) is 38.3 Å². The molecule has 1 amide bonds. The van der Waals surface area contributed by atoms with E-state index in [0.29, 0.717) is 10.7 Å². The lowest BCUT2D eigenvalue weighted by atomic mass is 10.2. The average molecular weight is 490 g/mol. The van der Waals surface area contributed by atoms with Crippen molar-refractivity contribution in [3.63, 3.8) is 0 Å². The highest BCUT2D eigenvalue weighted by molar-refractivity contribution is 5.97. The molecule has 2 heterocycles. The fourth-order valence-electron chi connectivity index (χ4n) is 2.93. The van der Waals surface area contributed by atoms with Gasteiger partial charge >= 0.3 is 17.8 Å². The van der Waals surface area contributed by atoms with Gasteiger partial charge in [-0.1, -0.05) is 13.8 Å². The third-order valence-electron chi connectivity index (χ3n) is 4.43. The van der Waals surface area contributed by atoms with Gasteiger partial charge in [-0.25, -0.2) is 4.79 Å². The van der Waals surface area contributed by atoms with E-state index in [4.69, 9.17) is 15.2 Å². The zero-order chi connectivity index (χ0) is 25.6. The SMILES string of the molecule is COCCN(C(=O)COC(=O)Cn1ccc(C(F)(F)F)n1)c1c(N)n(CC(C)C)c(=O)[nH]c1=O. The molecule has 34 heavy (non-hydrogen) atoms. The van der Waals surface area contributed by atoms with E-state index < -0.39 is 48.1 Å². The van der Waals surface area contributed by atoms with Crippen molar-refractivity contribution in [3.8, 4) is 0 Å². The van der Waals surface area contributed by atoms with Gasteiger partial charge in [0.15, 0.2) is 18.0 Å². The van der Waals surface area contributed by atoms with Crippen LogP contribution in [0.15, 0.2) is 21.9 Å². The summed E-state index contributed by atoms with van der Waals surface area (Å²) in [7, 11) is 1.36. The number of hydrogen-bond donors (Lipinski definition) is 2. The number of nitrogens with zero attached hydrogens (tertiary/aromatic N) is 4. The number of carbonyl (C=O) groups is 2. The molecule has 0 aliphatic carbocycles. The lowest BCUT2D eigenvalue weighted by Gasteiger charge is -2.24. The molecule has 0 aliphatic heterocycles.